The number of H-pyrrole nitrogens is 1. The Kier molecular flexibility index (Phi) is 4.32. The minimum Gasteiger partial charge on any atom is -0.462 e. The van der Waals surface area contributed by atoms with Gasteiger partial charge in [0.25, 0.3) is 5.56 Å². The molecule has 1 aromatic heterocycles. The van der Waals surface area contributed by atoms with E-state index in [4.69, 9.17) is 16.3 Å². The second kappa shape index (κ2) is 6.25. The van der Waals surface area contributed by atoms with Crippen LogP contribution >= 0.6 is 23.4 Å². The number of aromatic amines is 1. The van der Waals surface area contributed by atoms with Gasteiger partial charge in [-0.25, -0.2) is 14.2 Å². The molecule has 8 heteroatoms. The molecule has 0 saturated heterocycles. The van der Waals surface area contributed by atoms with Crippen molar-refractivity contribution in [1.82, 2.24) is 9.55 Å². The molecule has 0 amide bonds. The van der Waals surface area contributed by atoms with Gasteiger partial charge in [-0.15, -0.1) is 0 Å². The van der Waals surface area contributed by atoms with Crippen LogP contribution in [0.2, 0.25) is 5.02 Å². The van der Waals surface area contributed by atoms with E-state index in [0.717, 1.165) is 4.57 Å². The minimum absolute atomic E-state index is 0.118. The zero-order chi connectivity index (χ0) is 16.6. The number of carbonyl (C=O) groups excluding carboxylic acids is 1. The molecule has 6 nitrogen and oxygen atoms in total. The van der Waals surface area contributed by atoms with Crippen molar-refractivity contribution in [1.29, 1.82) is 0 Å². The minimum atomic E-state index is -0.597. The molecule has 120 valence electrons. The number of thioether (sulfide) groups is 1. The normalized spacial score (nSPS) is 13.0. The summed E-state index contributed by atoms with van der Waals surface area (Å²) >= 11 is 7.58. The average molecular weight is 353 g/mol. The molecular formula is C15H13ClN2O4S. The molecule has 0 atom stereocenters. The Morgan fingerprint density at radius 2 is 2.17 bits per heavy atom. The van der Waals surface area contributed by atoms with Crippen LogP contribution in [0.15, 0.2) is 27.8 Å². The number of nitrogens with zero attached hydrogens (tertiary/aromatic N) is 1. The number of benzene rings is 1. The highest BCUT2D eigenvalue weighted by Crippen LogP contribution is 2.25. The van der Waals surface area contributed by atoms with E-state index in [2.05, 4.69) is 4.98 Å². The second-order valence-electron chi connectivity index (χ2n) is 4.91. The fourth-order valence-corrected chi connectivity index (χ4v) is 3.65. The molecule has 1 aromatic carbocycles. The van der Waals surface area contributed by atoms with E-state index in [0.29, 0.717) is 22.8 Å². The molecule has 3 rings (SSSR count). The zero-order valence-corrected chi connectivity index (χ0v) is 13.8. The summed E-state index contributed by atoms with van der Waals surface area (Å²) in [7, 11) is 0. The average Bonchev–Trinajstić information content (AvgIpc) is 2.97. The SMILES string of the molecule is CCOC(=O)c1cc(-n2c(=O)[nH]c3c(c2=O)CSC3)ccc1Cl. The lowest BCUT2D eigenvalue weighted by Gasteiger charge is -2.10. The number of nitrogens with one attached hydrogen (secondary N) is 1. The summed E-state index contributed by atoms with van der Waals surface area (Å²) in [6.45, 7) is 1.89. The molecule has 0 bridgehead atoms. The topological polar surface area (TPSA) is 81.2 Å². The molecule has 0 aliphatic carbocycles. The standard InChI is InChI=1S/C15H13ClN2O4S/c1-2-22-14(20)9-5-8(3-4-11(9)16)18-13(19)10-6-23-7-12(10)17-15(18)21/h3-5H,2,6-7H2,1H3,(H,17,21). The van der Waals surface area contributed by atoms with Crippen molar-refractivity contribution in [2.75, 3.05) is 6.61 Å². The molecule has 0 spiro atoms. The van der Waals surface area contributed by atoms with Crippen LogP contribution in [0.25, 0.3) is 5.69 Å². The van der Waals surface area contributed by atoms with E-state index in [9.17, 15) is 14.4 Å². The monoisotopic (exact) mass is 352 g/mol. The predicted octanol–water partition coefficient (Wildman–Crippen LogP) is 2.10. The Labute approximate surface area is 140 Å². The Morgan fingerprint density at radius 1 is 1.39 bits per heavy atom. The number of hydrogen-bond acceptors (Lipinski definition) is 5. The molecule has 23 heavy (non-hydrogen) atoms. The van der Waals surface area contributed by atoms with E-state index in [1.165, 1.54) is 18.2 Å². The highest BCUT2D eigenvalue weighted by molar-refractivity contribution is 7.98. The van der Waals surface area contributed by atoms with E-state index in [1.54, 1.807) is 18.7 Å². The lowest BCUT2D eigenvalue weighted by atomic mass is 10.2. The summed E-state index contributed by atoms with van der Waals surface area (Å²) in [5, 5.41) is 0.202. The van der Waals surface area contributed by atoms with Gasteiger partial charge in [-0.3, -0.25) is 4.79 Å². The van der Waals surface area contributed by atoms with E-state index >= 15 is 0 Å². The van der Waals surface area contributed by atoms with Crippen LogP contribution < -0.4 is 11.2 Å². The number of esters is 1. The first-order valence-corrected chi connectivity index (χ1v) is 8.48. The van der Waals surface area contributed by atoms with Crippen LogP contribution in [0.5, 0.6) is 0 Å². The lowest BCUT2D eigenvalue weighted by molar-refractivity contribution is 0.0526. The van der Waals surface area contributed by atoms with Crippen molar-refractivity contribution in [2.45, 2.75) is 18.4 Å². The van der Waals surface area contributed by atoms with Gasteiger partial charge in [0.05, 0.1) is 22.9 Å². The molecule has 0 unspecified atom stereocenters. The molecule has 1 aliphatic heterocycles. The third-order valence-corrected chi connectivity index (χ3v) is 4.80. The molecule has 2 aromatic rings. The zero-order valence-electron chi connectivity index (χ0n) is 12.2. The van der Waals surface area contributed by atoms with Crippen LogP contribution in [0.3, 0.4) is 0 Å². The maximum Gasteiger partial charge on any atom is 0.339 e. The van der Waals surface area contributed by atoms with Crippen LogP contribution in [-0.2, 0) is 16.2 Å². The smallest absolute Gasteiger partial charge is 0.339 e. The molecule has 1 aliphatic rings. The van der Waals surface area contributed by atoms with Gasteiger partial charge in [-0.1, -0.05) is 11.6 Å². The summed E-state index contributed by atoms with van der Waals surface area (Å²) in [5.41, 5.74) is 0.748. The molecule has 1 N–H and O–H groups in total. The Balaban J connectivity index is 2.17. The Bertz CT molecular complexity index is 903. The first kappa shape index (κ1) is 15.9. The molecule has 0 saturated carbocycles. The maximum absolute atomic E-state index is 12.6. The molecule has 0 fully saturated rings. The van der Waals surface area contributed by atoms with Gasteiger partial charge in [-0.2, -0.15) is 11.8 Å². The molecule has 0 radical (unpaired) electrons. The van der Waals surface area contributed by atoms with Crippen molar-refractivity contribution in [3.63, 3.8) is 0 Å². The number of hydrogen-bond donors (Lipinski definition) is 1. The van der Waals surface area contributed by atoms with Gasteiger partial charge >= 0.3 is 11.7 Å². The summed E-state index contributed by atoms with van der Waals surface area (Å²) in [5.74, 6) is 0.582. The van der Waals surface area contributed by atoms with Gasteiger partial charge in [0.2, 0.25) is 0 Å². The number of rotatable bonds is 3. The molecular weight excluding hydrogens is 340 g/mol. The first-order chi connectivity index (χ1) is 11.0. The van der Waals surface area contributed by atoms with E-state index < -0.39 is 11.7 Å². The summed E-state index contributed by atoms with van der Waals surface area (Å²) in [6, 6.07) is 4.39. The van der Waals surface area contributed by atoms with Gasteiger partial charge in [0.1, 0.15) is 0 Å². The predicted molar refractivity (Wildman–Crippen MR) is 88.6 cm³/mol. The van der Waals surface area contributed by atoms with Crippen LogP contribution in [-0.4, -0.2) is 22.1 Å². The number of aromatic nitrogens is 2. The third-order valence-electron chi connectivity index (χ3n) is 3.48. The number of halogens is 1. The van der Waals surface area contributed by atoms with Crippen LogP contribution in [0, 0.1) is 0 Å². The molecule has 2 heterocycles. The van der Waals surface area contributed by atoms with Crippen molar-refractivity contribution >= 4 is 29.3 Å². The first-order valence-electron chi connectivity index (χ1n) is 6.94. The van der Waals surface area contributed by atoms with E-state index in [-0.39, 0.29) is 28.4 Å². The van der Waals surface area contributed by atoms with Crippen molar-refractivity contribution in [2.24, 2.45) is 0 Å². The van der Waals surface area contributed by atoms with E-state index in [1.807, 2.05) is 0 Å². The number of ether oxygens (including phenoxy) is 1. The van der Waals surface area contributed by atoms with Crippen LogP contribution in [0.4, 0.5) is 0 Å². The van der Waals surface area contributed by atoms with Crippen molar-refractivity contribution in [3.05, 3.63) is 60.9 Å². The van der Waals surface area contributed by atoms with Crippen molar-refractivity contribution in [3.8, 4) is 5.69 Å². The van der Waals surface area contributed by atoms with Gasteiger partial charge in [-0.05, 0) is 25.1 Å². The summed E-state index contributed by atoms with van der Waals surface area (Å²) in [4.78, 5) is 39.4. The highest BCUT2D eigenvalue weighted by Gasteiger charge is 2.21. The van der Waals surface area contributed by atoms with Gasteiger partial charge in [0, 0.05) is 22.8 Å². The fourth-order valence-electron chi connectivity index (χ4n) is 2.40. The van der Waals surface area contributed by atoms with Gasteiger partial charge in [0.15, 0.2) is 0 Å². The maximum atomic E-state index is 12.6. The largest absolute Gasteiger partial charge is 0.462 e. The highest BCUT2D eigenvalue weighted by atomic mass is 35.5. The summed E-state index contributed by atoms with van der Waals surface area (Å²) < 4.78 is 5.95. The van der Waals surface area contributed by atoms with Gasteiger partial charge < -0.3 is 9.72 Å². The van der Waals surface area contributed by atoms with Crippen molar-refractivity contribution < 1.29 is 9.53 Å². The Hall–Kier alpha value is -1.99. The Morgan fingerprint density at radius 3 is 2.91 bits per heavy atom. The fraction of sp³-hybridized carbons (Fsp3) is 0.267. The number of fused-ring (bicyclic) bond motifs is 1. The third kappa shape index (κ3) is 2.82. The second-order valence-corrected chi connectivity index (χ2v) is 6.30. The van der Waals surface area contributed by atoms with Crippen LogP contribution in [0.1, 0.15) is 28.5 Å². The number of carbonyl (C=O) groups is 1. The lowest BCUT2D eigenvalue weighted by Crippen LogP contribution is -2.36. The summed E-state index contributed by atoms with van der Waals surface area (Å²) in [6.07, 6.45) is 0. The quantitative estimate of drug-likeness (QED) is 0.855.